The van der Waals surface area contributed by atoms with E-state index in [2.05, 4.69) is 0 Å². The molecular weight excluding hydrogens is 466 g/mol. The number of para-hydroxylation sites is 1. The third kappa shape index (κ3) is 3.02. The summed E-state index contributed by atoms with van der Waals surface area (Å²) in [5.74, 6) is -5.02. The fourth-order valence-corrected chi connectivity index (χ4v) is 6.98. The highest BCUT2D eigenvalue weighted by Gasteiger charge is 2.69. The minimum atomic E-state index is -1.31. The van der Waals surface area contributed by atoms with E-state index in [4.69, 9.17) is 16.3 Å². The molecule has 7 heteroatoms. The number of hydrogen-bond donors (Lipinski definition) is 0. The van der Waals surface area contributed by atoms with Crippen molar-refractivity contribution in [2.45, 2.75) is 25.2 Å². The van der Waals surface area contributed by atoms with E-state index in [1.54, 1.807) is 49.2 Å². The average molecular weight is 492 g/mol. The lowest BCUT2D eigenvalue weighted by molar-refractivity contribution is -0.152. The van der Waals surface area contributed by atoms with Gasteiger partial charge in [-0.05, 0) is 41.7 Å². The van der Waals surface area contributed by atoms with Crippen LogP contribution in [0.4, 0.5) is 5.69 Å². The van der Waals surface area contributed by atoms with Crippen LogP contribution in [0.15, 0.2) is 60.2 Å². The molecule has 1 heterocycles. The summed E-state index contributed by atoms with van der Waals surface area (Å²) >= 11 is 6.58. The summed E-state index contributed by atoms with van der Waals surface area (Å²) in [4.78, 5) is 55.5. The second-order valence-corrected chi connectivity index (χ2v) is 9.90. The maximum Gasteiger partial charge on any atom is 0.317 e. The molecule has 6 nitrogen and oxygen atoms in total. The topological polar surface area (TPSA) is 80.8 Å². The van der Waals surface area contributed by atoms with Gasteiger partial charge in [0.1, 0.15) is 12.2 Å². The van der Waals surface area contributed by atoms with Crippen LogP contribution in [0.5, 0.6) is 0 Å². The Labute approximate surface area is 208 Å². The molecule has 0 unspecified atom stereocenters. The highest BCUT2D eigenvalue weighted by molar-refractivity contribution is 6.31. The van der Waals surface area contributed by atoms with Crippen molar-refractivity contribution in [3.05, 3.63) is 76.3 Å². The molecule has 0 aromatic heterocycles. The molecule has 1 aliphatic heterocycles. The lowest BCUT2D eigenvalue weighted by Gasteiger charge is -2.45. The molecule has 2 aliphatic carbocycles. The van der Waals surface area contributed by atoms with E-state index in [1.807, 2.05) is 31.2 Å². The van der Waals surface area contributed by atoms with E-state index < -0.39 is 41.0 Å². The minimum Gasteiger partial charge on any atom is -0.465 e. The summed E-state index contributed by atoms with van der Waals surface area (Å²) in [6, 6.07) is 14.5. The number of nitrogens with zero attached hydrogens (tertiary/aromatic N) is 1. The number of anilines is 1. The number of hydrogen-bond acceptors (Lipinski definition) is 5. The number of ether oxygens (including phenoxy) is 1. The Morgan fingerprint density at radius 2 is 1.83 bits per heavy atom. The number of halogens is 1. The van der Waals surface area contributed by atoms with Gasteiger partial charge in [-0.1, -0.05) is 61.0 Å². The van der Waals surface area contributed by atoms with Gasteiger partial charge in [-0.25, -0.2) is 0 Å². The van der Waals surface area contributed by atoms with Crippen LogP contribution in [0.1, 0.15) is 30.9 Å². The van der Waals surface area contributed by atoms with Crippen LogP contribution in [-0.2, 0) is 29.3 Å². The number of likely N-dealkylation sites (N-methyl/N-ethyl adjacent to an activating group) is 1. The number of benzene rings is 2. The highest BCUT2D eigenvalue weighted by Crippen LogP contribution is 2.63. The van der Waals surface area contributed by atoms with Crippen molar-refractivity contribution in [3.63, 3.8) is 0 Å². The maximum atomic E-state index is 14.3. The zero-order valence-electron chi connectivity index (χ0n) is 19.7. The molecule has 0 N–H and O–H groups in total. The van der Waals surface area contributed by atoms with Gasteiger partial charge in [-0.2, -0.15) is 0 Å². The average Bonchev–Trinajstić information content (AvgIpc) is 3.26. The number of aldehydes is 1. The molecular formula is C28H26ClNO5. The van der Waals surface area contributed by atoms with Gasteiger partial charge < -0.3 is 9.64 Å². The van der Waals surface area contributed by atoms with Crippen molar-refractivity contribution < 1.29 is 23.9 Å². The van der Waals surface area contributed by atoms with E-state index in [1.165, 1.54) is 0 Å². The number of allylic oxidation sites excluding steroid dienone is 2. The second-order valence-electron chi connectivity index (χ2n) is 9.49. The molecule has 0 bridgehead atoms. The normalized spacial score (nSPS) is 31.3. The largest absolute Gasteiger partial charge is 0.465 e. The van der Waals surface area contributed by atoms with Crippen molar-refractivity contribution >= 4 is 41.2 Å². The van der Waals surface area contributed by atoms with Crippen LogP contribution in [0.25, 0.3) is 0 Å². The molecule has 1 saturated carbocycles. The number of Topliss-reactive ketones (excluding diaryl/α,β-unsaturated/α-hetero) is 1. The van der Waals surface area contributed by atoms with Crippen molar-refractivity contribution in [2.75, 3.05) is 18.6 Å². The van der Waals surface area contributed by atoms with Gasteiger partial charge in [0.2, 0.25) is 5.91 Å². The molecule has 1 fully saturated rings. The summed E-state index contributed by atoms with van der Waals surface area (Å²) in [5.41, 5.74) is 1.18. The van der Waals surface area contributed by atoms with Crippen LogP contribution in [-0.4, -0.2) is 37.6 Å². The predicted molar refractivity (Wildman–Crippen MR) is 131 cm³/mol. The standard InChI is InChI=1S/C28H26ClNO5/c1-4-35-26(33)23-22(17-9-5-7-11-20(17)29)18-13-16(14-31)15(2)28(24(18)25(23)32)19-10-6-8-12-21(19)30(3)27(28)34/h5-15,18,22-24H,4H2,1-3H3/t15-,18-,22-,23+,24+,28-/m1/s1. The van der Waals surface area contributed by atoms with Crippen LogP contribution in [0.3, 0.4) is 0 Å². The zero-order valence-corrected chi connectivity index (χ0v) is 20.5. The predicted octanol–water partition coefficient (Wildman–Crippen LogP) is 4.11. The third-order valence-corrected chi connectivity index (χ3v) is 8.48. The maximum absolute atomic E-state index is 14.3. The van der Waals surface area contributed by atoms with Crippen molar-refractivity contribution in [1.82, 2.24) is 0 Å². The van der Waals surface area contributed by atoms with Crippen LogP contribution in [0.2, 0.25) is 5.02 Å². The first-order valence-electron chi connectivity index (χ1n) is 11.8. The first kappa shape index (κ1) is 23.5. The van der Waals surface area contributed by atoms with Crippen LogP contribution in [0, 0.1) is 23.7 Å². The van der Waals surface area contributed by atoms with Gasteiger partial charge in [-0.3, -0.25) is 19.2 Å². The Balaban J connectivity index is 1.82. The van der Waals surface area contributed by atoms with Crippen molar-refractivity contribution in [3.8, 4) is 0 Å². The van der Waals surface area contributed by atoms with Crippen LogP contribution >= 0.6 is 11.6 Å². The Bertz CT molecular complexity index is 1290. The molecule has 180 valence electrons. The Kier molecular flexibility index (Phi) is 5.67. The first-order chi connectivity index (χ1) is 16.8. The number of ketones is 1. The zero-order chi connectivity index (χ0) is 25.1. The summed E-state index contributed by atoms with van der Waals surface area (Å²) in [5, 5.41) is 0.421. The fraction of sp³-hybridized carbons (Fsp3) is 0.357. The van der Waals surface area contributed by atoms with Crippen LogP contribution < -0.4 is 4.90 Å². The molecule has 5 rings (SSSR count). The quantitative estimate of drug-likeness (QED) is 0.365. The number of rotatable bonds is 4. The minimum absolute atomic E-state index is 0.120. The number of carbonyl (C=O) groups is 4. The molecule has 6 atom stereocenters. The number of esters is 1. The molecule has 3 aliphatic rings. The van der Waals surface area contributed by atoms with E-state index in [9.17, 15) is 19.2 Å². The van der Waals surface area contributed by atoms with Crippen molar-refractivity contribution in [2.24, 2.45) is 23.7 Å². The van der Waals surface area contributed by atoms with Gasteiger partial charge in [0.25, 0.3) is 0 Å². The molecule has 2 aromatic rings. The van der Waals surface area contributed by atoms with E-state index in [0.29, 0.717) is 27.4 Å². The van der Waals surface area contributed by atoms with Gasteiger partial charge in [0, 0.05) is 35.5 Å². The molecule has 1 spiro atoms. The summed E-state index contributed by atoms with van der Waals surface area (Å²) < 4.78 is 5.35. The van der Waals surface area contributed by atoms with Crippen molar-refractivity contribution in [1.29, 1.82) is 0 Å². The highest BCUT2D eigenvalue weighted by atomic mass is 35.5. The second kappa shape index (κ2) is 8.45. The first-order valence-corrected chi connectivity index (χ1v) is 12.2. The Morgan fingerprint density at radius 1 is 1.14 bits per heavy atom. The molecule has 35 heavy (non-hydrogen) atoms. The van der Waals surface area contributed by atoms with E-state index in [0.717, 1.165) is 6.29 Å². The summed E-state index contributed by atoms with van der Waals surface area (Å²) in [6.45, 7) is 3.63. The van der Waals surface area contributed by atoms with E-state index in [-0.39, 0.29) is 18.3 Å². The third-order valence-electron chi connectivity index (χ3n) is 8.14. The molecule has 2 aromatic carbocycles. The Morgan fingerprint density at radius 3 is 2.51 bits per heavy atom. The smallest absolute Gasteiger partial charge is 0.317 e. The monoisotopic (exact) mass is 491 g/mol. The number of fused-ring (bicyclic) bond motifs is 4. The van der Waals surface area contributed by atoms with Gasteiger partial charge in [0.05, 0.1) is 12.0 Å². The molecule has 0 saturated heterocycles. The lowest BCUT2D eigenvalue weighted by atomic mass is 9.54. The number of carbonyl (C=O) groups excluding carboxylic acids is 4. The van der Waals surface area contributed by atoms with E-state index >= 15 is 0 Å². The molecule has 1 amide bonds. The molecule has 0 radical (unpaired) electrons. The van der Waals surface area contributed by atoms with Gasteiger partial charge >= 0.3 is 5.97 Å². The Hall–Kier alpha value is -3.25. The SMILES string of the molecule is CCOC(=O)[C@@H]1C(=O)[C@@H]2[C@H](C=C(C=O)[C@@H](C)[C@]23C(=O)N(C)c2ccccc23)[C@H]1c1ccccc1Cl. The number of amides is 1. The summed E-state index contributed by atoms with van der Waals surface area (Å²) in [7, 11) is 1.68. The van der Waals surface area contributed by atoms with Gasteiger partial charge in [-0.15, -0.1) is 0 Å². The summed E-state index contributed by atoms with van der Waals surface area (Å²) in [6.07, 6.45) is 2.55. The fourth-order valence-electron chi connectivity index (χ4n) is 6.72. The van der Waals surface area contributed by atoms with Gasteiger partial charge in [0.15, 0.2) is 5.78 Å². The lowest BCUT2D eigenvalue weighted by Crippen LogP contribution is -2.55.